The molecule has 2 rings (SSSR count). The molecule has 0 spiro atoms. The van der Waals surface area contributed by atoms with Crippen molar-refractivity contribution in [3.63, 3.8) is 0 Å². The Kier molecular flexibility index (Phi) is 4.55. The molecule has 1 saturated heterocycles. The van der Waals surface area contributed by atoms with E-state index < -0.39 is 10.0 Å². The van der Waals surface area contributed by atoms with Gasteiger partial charge in [0.1, 0.15) is 0 Å². The lowest BCUT2D eigenvalue weighted by molar-refractivity contribution is 0.0273. The van der Waals surface area contributed by atoms with E-state index in [-0.39, 0.29) is 0 Å². The van der Waals surface area contributed by atoms with Gasteiger partial charge >= 0.3 is 0 Å². The lowest BCUT2D eigenvalue weighted by Gasteiger charge is -2.27. The molecular weight excluding hydrogens is 240 g/mol. The Balaban J connectivity index is 1.99. The Morgan fingerprint density at radius 1 is 1.18 bits per heavy atom. The van der Waals surface area contributed by atoms with Gasteiger partial charge < -0.3 is 4.74 Å². The Hall–Kier alpha value is -0.430. The summed E-state index contributed by atoms with van der Waals surface area (Å²) in [6, 6.07) is 0. The molecule has 1 N–H and O–H groups in total. The number of ether oxygens (including phenoxy) is 1. The highest BCUT2D eigenvalue weighted by molar-refractivity contribution is 7.93. The highest BCUT2D eigenvalue weighted by Gasteiger charge is 2.22. The molecule has 0 saturated carbocycles. The number of morpholine rings is 1. The smallest absolute Gasteiger partial charge is 0.249 e. The summed E-state index contributed by atoms with van der Waals surface area (Å²) < 4.78 is 29.5. The third-order valence-corrected chi connectivity index (χ3v) is 4.66. The minimum atomic E-state index is -3.32. The number of hydrogen-bond donors (Lipinski definition) is 1. The Morgan fingerprint density at radius 2 is 1.94 bits per heavy atom. The molecule has 0 aromatic carbocycles. The molecule has 98 valence electrons. The van der Waals surface area contributed by atoms with Gasteiger partial charge in [-0.3, -0.25) is 0 Å². The molecule has 2 aliphatic rings. The van der Waals surface area contributed by atoms with Crippen LogP contribution in [0, 0.1) is 0 Å². The summed E-state index contributed by atoms with van der Waals surface area (Å²) in [5, 5.41) is 1.73. The molecule has 0 aromatic rings. The predicted molar refractivity (Wildman–Crippen MR) is 65.6 cm³/mol. The first kappa shape index (κ1) is 13.0. The van der Waals surface area contributed by atoms with Crippen LogP contribution in [0.4, 0.5) is 0 Å². The summed E-state index contributed by atoms with van der Waals surface area (Å²) in [6.45, 7) is 2.40. The number of allylic oxidation sites excluding steroid dienone is 2. The fourth-order valence-electron chi connectivity index (χ4n) is 2.11. The molecule has 1 aliphatic heterocycles. The van der Waals surface area contributed by atoms with Crippen LogP contribution >= 0.6 is 0 Å². The second kappa shape index (κ2) is 5.95. The van der Waals surface area contributed by atoms with Crippen molar-refractivity contribution in [2.75, 3.05) is 26.3 Å². The second-order valence-corrected chi connectivity index (χ2v) is 6.18. The molecule has 0 unspecified atom stereocenters. The van der Waals surface area contributed by atoms with Crippen molar-refractivity contribution in [2.24, 2.45) is 0 Å². The maximum atomic E-state index is 12.1. The third kappa shape index (κ3) is 3.77. The van der Waals surface area contributed by atoms with Crippen LogP contribution in [0.5, 0.6) is 0 Å². The van der Waals surface area contributed by atoms with Gasteiger partial charge in [-0.25, -0.2) is 13.4 Å². The van der Waals surface area contributed by atoms with E-state index in [0.717, 1.165) is 25.7 Å². The fourth-order valence-corrected chi connectivity index (χ4v) is 3.50. The van der Waals surface area contributed by atoms with Crippen LogP contribution in [-0.4, -0.2) is 39.7 Å². The predicted octanol–water partition coefficient (Wildman–Crippen LogP) is 1.00. The molecular formula is C11H20N2O3S. The zero-order chi connectivity index (χ0) is 12.1. The topological polar surface area (TPSA) is 58.6 Å². The minimum absolute atomic E-state index is 0.557. The zero-order valence-electron chi connectivity index (χ0n) is 10.0. The van der Waals surface area contributed by atoms with Gasteiger partial charge in [0.15, 0.2) is 0 Å². The summed E-state index contributed by atoms with van der Waals surface area (Å²) in [4.78, 5) is 3.21. The van der Waals surface area contributed by atoms with Crippen molar-refractivity contribution in [1.29, 1.82) is 0 Å². The first-order chi connectivity index (χ1) is 8.18. The van der Waals surface area contributed by atoms with E-state index in [9.17, 15) is 8.42 Å². The van der Waals surface area contributed by atoms with Gasteiger partial charge in [0, 0.05) is 13.1 Å². The quantitative estimate of drug-likeness (QED) is 0.822. The SMILES string of the molecule is O=S(=O)(NN1CCOCC1)C1=CCCCCC1. The first-order valence-corrected chi connectivity index (χ1v) is 7.71. The maximum Gasteiger partial charge on any atom is 0.249 e. The molecule has 6 heteroatoms. The largest absolute Gasteiger partial charge is 0.379 e. The van der Waals surface area contributed by atoms with Crippen LogP contribution in [-0.2, 0) is 14.8 Å². The van der Waals surface area contributed by atoms with E-state index in [0.29, 0.717) is 37.6 Å². The Morgan fingerprint density at radius 3 is 2.71 bits per heavy atom. The van der Waals surface area contributed by atoms with Crippen molar-refractivity contribution in [3.05, 3.63) is 11.0 Å². The molecule has 0 radical (unpaired) electrons. The molecule has 0 amide bonds. The van der Waals surface area contributed by atoms with Crippen LogP contribution in [0.1, 0.15) is 32.1 Å². The molecule has 0 aromatic heterocycles. The molecule has 1 aliphatic carbocycles. The number of rotatable bonds is 3. The fraction of sp³-hybridized carbons (Fsp3) is 0.818. The molecule has 5 nitrogen and oxygen atoms in total. The van der Waals surface area contributed by atoms with Crippen LogP contribution in [0.15, 0.2) is 11.0 Å². The average Bonchev–Trinajstić information content (AvgIpc) is 2.58. The second-order valence-electron chi connectivity index (χ2n) is 4.46. The van der Waals surface area contributed by atoms with Crippen LogP contribution < -0.4 is 4.83 Å². The lowest BCUT2D eigenvalue weighted by atomic mass is 10.2. The van der Waals surface area contributed by atoms with Gasteiger partial charge in [0.2, 0.25) is 10.0 Å². The van der Waals surface area contributed by atoms with Gasteiger partial charge in [-0.2, -0.15) is 0 Å². The van der Waals surface area contributed by atoms with Crippen molar-refractivity contribution in [3.8, 4) is 0 Å². The number of hydrogen-bond acceptors (Lipinski definition) is 4. The van der Waals surface area contributed by atoms with Gasteiger partial charge in [-0.05, 0) is 25.7 Å². The van der Waals surface area contributed by atoms with Crippen molar-refractivity contribution >= 4 is 10.0 Å². The normalized spacial score (nSPS) is 24.1. The van der Waals surface area contributed by atoms with Crippen LogP contribution in [0.3, 0.4) is 0 Å². The van der Waals surface area contributed by atoms with Gasteiger partial charge in [0.25, 0.3) is 0 Å². The van der Waals surface area contributed by atoms with E-state index in [4.69, 9.17) is 4.74 Å². The summed E-state index contributed by atoms with van der Waals surface area (Å²) in [7, 11) is -3.32. The molecule has 0 bridgehead atoms. The summed E-state index contributed by atoms with van der Waals surface area (Å²) >= 11 is 0. The summed E-state index contributed by atoms with van der Waals surface area (Å²) in [5.74, 6) is 0. The molecule has 0 atom stereocenters. The molecule has 1 heterocycles. The standard InChI is InChI=1S/C11H20N2O3S/c14-17(15,11-5-3-1-2-4-6-11)12-13-7-9-16-10-8-13/h5,12H,1-4,6-10H2. The monoisotopic (exact) mass is 260 g/mol. The molecule has 17 heavy (non-hydrogen) atoms. The molecule has 1 fully saturated rings. The average molecular weight is 260 g/mol. The summed E-state index contributed by atoms with van der Waals surface area (Å²) in [6.07, 6.45) is 6.59. The number of sulfonamides is 1. The van der Waals surface area contributed by atoms with E-state index >= 15 is 0 Å². The zero-order valence-corrected chi connectivity index (χ0v) is 10.8. The van der Waals surface area contributed by atoms with E-state index in [1.165, 1.54) is 0 Å². The van der Waals surface area contributed by atoms with Crippen LogP contribution in [0.25, 0.3) is 0 Å². The Bertz CT molecular complexity index is 372. The highest BCUT2D eigenvalue weighted by Crippen LogP contribution is 2.21. The highest BCUT2D eigenvalue weighted by atomic mass is 32.2. The van der Waals surface area contributed by atoms with E-state index in [1.54, 1.807) is 5.01 Å². The minimum Gasteiger partial charge on any atom is -0.379 e. The number of hydrazine groups is 1. The maximum absolute atomic E-state index is 12.1. The van der Waals surface area contributed by atoms with E-state index in [1.807, 2.05) is 6.08 Å². The van der Waals surface area contributed by atoms with Gasteiger partial charge in [0.05, 0.1) is 18.1 Å². The third-order valence-electron chi connectivity index (χ3n) is 3.10. The first-order valence-electron chi connectivity index (χ1n) is 6.23. The van der Waals surface area contributed by atoms with Crippen LogP contribution in [0.2, 0.25) is 0 Å². The van der Waals surface area contributed by atoms with Crippen molar-refractivity contribution in [2.45, 2.75) is 32.1 Å². The van der Waals surface area contributed by atoms with Crippen molar-refractivity contribution < 1.29 is 13.2 Å². The van der Waals surface area contributed by atoms with Gasteiger partial charge in [-0.15, -0.1) is 4.83 Å². The van der Waals surface area contributed by atoms with Crippen molar-refractivity contribution in [1.82, 2.24) is 9.84 Å². The van der Waals surface area contributed by atoms with Gasteiger partial charge in [-0.1, -0.05) is 12.5 Å². The Labute approximate surface area is 103 Å². The van der Waals surface area contributed by atoms with E-state index in [2.05, 4.69) is 4.83 Å². The number of nitrogens with zero attached hydrogens (tertiary/aromatic N) is 1. The lowest BCUT2D eigenvalue weighted by Crippen LogP contribution is -2.48. The summed E-state index contributed by atoms with van der Waals surface area (Å²) in [5.41, 5.74) is 0. The number of nitrogens with one attached hydrogen (secondary N) is 1.